The van der Waals surface area contributed by atoms with Crippen molar-refractivity contribution in [2.45, 2.75) is 62.5 Å². The minimum absolute atomic E-state index is 0.0120. The van der Waals surface area contributed by atoms with Crippen molar-refractivity contribution < 1.29 is 4.79 Å². The first-order valence-corrected chi connectivity index (χ1v) is 9.00. The van der Waals surface area contributed by atoms with Crippen molar-refractivity contribution in [3.63, 3.8) is 0 Å². The van der Waals surface area contributed by atoms with Gasteiger partial charge in [0.1, 0.15) is 5.54 Å². The second-order valence-electron chi connectivity index (χ2n) is 6.12. The lowest BCUT2D eigenvalue weighted by Gasteiger charge is -2.32. The van der Waals surface area contributed by atoms with Gasteiger partial charge in [0, 0.05) is 5.75 Å². The van der Waals surface area contributed by atoms with Gasteiger partial charge in [0.05, 0.1) is 11.3 Å². The van der Waals surface area contributed by atoms with E-state index in [1.54, 1.807) is 11.8 Å². The highest BCUT2D eigenvalue weighted by Crippen LogP contribution is 2.28. The maximum Gasteiger partial charge on any atom is 0.234 e. The number of amides is 1. The summed E-state index contributed by atoms with van der Waals surface area (Å²) >= 11 is 1.63. The van der Waals surface area contributed by atoms with Crippen LogP contribution in [0.15, 0.2) is 24.3 Å². The lowest BCUT2D eigenvalue weighted by Crippen LogP contribution is -2.50. The van der Waals surface area contributed by atoms with Crippen LogP contribution in [0, 0.1) is 18.3 Å². The van der Waals surface area contributed by atoms with Crippen LogP contribution in [0.4, 0.5) is 0 Å². The molecule has 1 aromatic carbocycles. The third kappa shape index (κ3) is 4.27. The molecule has 0 heterocycles. The van der Waals surface area contributed by atoms with Gasteiger partial charge < -0.3 is 5.32 Å². The Morgan fingerprint density at radius 2 is 2.05 bits per heavy atom. The van der Waals surface area contributed by atoms with Crippen molar-refractivity contribution in [1.82, 2.24) is 5.32 Å². The zero-order valence-electron chi connectivity index (χ0n) is 13.4. The molecule has 1 aliphatic rings. The van der Waals surface area contributed by atoms with E-state index in [1.807, 2.05) is 19.1 Å². The number of aryl methyl sites for hydroxylation is 1. The number of hydrogen-bond donors (Lipinski definition) is 1. The van der Waals surface area contributed by atoms with Crippen molar-refractivity contribution in [1.29, 1.82) is 5.26 Å². The largest absolute Gasteiger partial charge is 0.337 e. The highest BCUT2D eigenvalue weighted by Gasteiger charge is 2.34. The SMILES string of the molecule is Cc1ccccc1CSC(C)C(=O)NC1(C#N)CCCCC1. The highest BCUT2D eigenvalue weighted by molar-refractivity contribution is 7.99. The van der Waals surface area contributed by atoms with Gasteiger partial charge in [-0.25, -0.2) is 0 Å². The number of benzene rings is 1. The number of thioether (sulfide) groups is 1. The minimum atomic E-state index is -0.632. The number of carbonyl (C=O) groups excluding carboxylic acids is 1. The lowest BCUT2D eigenvalue weighted by molar-refractivity contribution is -0.121. The minimum Gasteiger partial charge on any atom is -0.337 e. The monoisotopic (exact) mass is 316 g/mol. The van der Waals surface area contributed by atoms with Gasteiger partial charge in [0.15, 0.2) is 0 Å². The summed E-state index contributed by atoms with van der Waals surface area (Å²) in [5.41, 5.74) is 1.88. The quantitative estimate of drug-likeness (QED) is 0.894. The second-order valence-corrected chi connectivity index (χ2v) is 7.45. The van der Waals surface area contributed by atoms with Gasteiger partial charge in [-0.2, -0.15) is 5.26 Å². The topological polar surface area (TPSA) is 52.9 Å². The molecule has 0 radical (unpaired) electrons. The molecule has 1 aliphatic carbocycles. The summed E-state index contributed by atoms with van der Waals surface area (Å²) in [6.07, 6.45) is 4.78. The van der Waals surface area contributed by atoms with Gasteiger partial charge in [0.25, 0.3) is 0 Å². The third-order valence-electron chi connectivity index (χ3n) is 4.40. The summed E-state index contributed by atoms with van der Waals surface area (Å²) in [6.45, 7) is 4.01. The predicted molar refractivity (Wildman–Crippen MR) is 91.5 cm³/mol. The van der Waals surface area contributed by atoms with E-state index in [0.717, 1.165) is 37.9 Å². The molecule has 3 nitrogen and oxygen atoms in total. The van der Waals surface area contributed by atoms with Gasteiger partial charge in [-0.3, -0.25) is 4.79 Å². The van der Waals surface area contributed by atoms with E-state index in [4.69, 9.17) is 0 Å². The van der Waals surface area contributed by atoms with Gasteiger partial charge in [-0.15, -0.1) is 11.8 Å². The summed E-state index contributed by atoms with van der Waals surface area (Å²) in [5, 5.41) is 12.3. The van der Waals surface area contributed by atoms with Crippen molar-refractivity contribution >= 4 is 17.7 Å². The van der Waals surface area contributed by atoms with Crippen molar-refractivity contribution in [3.05, 3.63) is 35.4 Å². The molecule has 2 rings (SSSR count). The summed E-state index contributed by atoms with van der Waals surface area (Å²) in [7, 11) is 0. The summed E-state index contributed by atoms with van der Waals surface area (Å²) in [5.74, 6) is 0.808. The van der Waals surface area contributed by atoms with Crippen LogP contribution in [-0.2, 0) is 10.5 Å². The Morgan fingerprint density at radius 3 is 2.68 bits per heavy atom. The van der Waals surface area contributed by atoms with Crippen LogP contribution in [0.3, 0.4) is 0 Å². The van der Waals surface area contributed by atoms with Crippen LogP contribution in [0.5, 0.6) is 0 Å². The van der Waals surface area contributed by atoms with Crippen LogP contribution >= 0.6 is 11.8 Å². The summed E-state index contributed by atoms with van der Waals surface area (Å²) < 4.78 is 0. The number of hydrogen-bond acceptors (Lipinski definition) is 3. The Hall–Kier alpha value is -1.47. The van der Waals surface area contributed by atoms with Crippen LogP contribution in [-0.4, -0.2) is 16.7 Å². The Bertz CT molecular complexity index is 558. The number of nitrogens with zero attached hydrogens (tertiary/aromatic N) is 1. The maximum atomic E-state index is 12.4. The molecule has 1 N–H and O–H groups in total. The average molecular weight is 316 g/mol. The van der Waals surface area contributed by atoms with Gasteiger partial charge in [0.2, 0.25) is 5.91 Å². The fourth-order valence-electron chi connectivity index (χ4n) is 2.82. The molecule has 1 unspecified atom stereocenters. The lowest BCUT2D eigenvalue weighted by atomic mass is 9.83. The second kappa shape index (κ2) is 7.69. The number of nitrogens with one attached hydrogen (secondary N) is 1. The smallest absolute Gasteiger partial charge is 0.234 e. The van der Waals surface area contributed by atoms with E-state index in [1.165, 1.54) is 11.1 Å². The average Bonchev–Trinajstić information content (AvgIpc) is 2.54. The van der Waals surface area contributed by atoms with Gasteiger partial charge in [-0.05, 0) is 37.8 Å². The fourth-order valence-corrected chi connectivity index (χ4v) is 3.78. The zero-order valence-corrected chi connectivity index (χ0v) is 14.2. The first kappa shape index (κ1) is 16.9. The van der Waals surface area contributed by atoms with E-state index >= 15 is 0 Å². The number of carbonyl (C=O) groups is 1. The molecular formula is C18H24N2OS. The number of rotatable bonds is 5. The van der Waals surface area contributed by atoms with E-state index in [-0.39, 0.29) is 11.2 Å². The molecule has 118 valence electrons. The predicted octanol–water partition coefficient (Wildman–Crippen LogP) is 3.96. The van der Waals surface area contributed by atoms with Gasteiger partial charge in [-0.1, -0.05) is 43.5 Å². The normalized spacial score (nSPS) is 18.2. The van der Waals surface area contributed by atoms with Crippen molar-refractivity contribution in [2.75, 3.05) is 0 Å². The Kier molecular flexibility index (Phi) is 5.90. The van der Waals surface area contributed by atoms with E-state index in [0.29, 0.717) is 0 Å². The standard InChI is InChI=1S/C18H24N2OS/c1-14-8-4-5-9-16(14)12-22-15(2)17(21)20-18(13-19)10-6-3-7-11-18/h4-5,8-9,15H,3,6-7,10-12H2,1-2H3,(H,20,21). The van der Waals surface area contributed by atoms with Crippen LogP contribution in [0.2, 0.25) is 0 Å². The molecule has 0 aliphatic heterocycles. The van der Waals surface area contributed by atoms with Crippen molar-refractivity contribution in [3.8, 4) is 6.07 Å². The van der Waals surface area contributed by atoms with Crippen molar-refractivity contribution in [2.24, 2.45) is 0 Å². The molecule has 1 fully saturated rings. The Morgan fingerprint density at radius 1 is 1.36 bits per heavy atom. The fraction of sp³-hybridized carbons (Fsp3) is 0.556. The molecule has 0 saturated heterocycles. The van der Waals surface area contributed by atoms with Crippen LogP contribution < -0.4 is 5.32 Å². The molecule has 0 spiro atoms. The van der Waals surface area contributed by atoms with E-state index < -0.39 is 5.54 Å². The Labute approximate surface area is 137 Å². The molecular weight excluding hydrogens is 292 g/mol. The first-order valence-electron chi connectivity index (χ1n) is 7.96. The highest BCUT2D eigenvalue weighted by atomic mass is 32.2. The Balaban J connectivity index is 1.89. The molecule has 22 heavy (non-hydrogen) atoms. The number of nitriles is 1. The molecule has 0 bridgehead atoms. The molecule has 1 atom stereocenters. The third-order valence-corrected chi connectivity index (χ3v) is 5.59. The van der Waals surface area contributed by atoms with E-state index in [9.17, 15) is 10.1 Å². The molecule has 0 aromatic heterocycles. The zero-order chi connectivity index (χ0) is 16.0. The molecule has 1 amide bonds. The van der Waals surface area contributed by atoms with Crippen LogP contribution in [0.1, 0.15) is 50.2 Å². The maximum absolute atomic E-state index is 12.4. The van der Waals surface area contributed by atoms with E-state index in [2.05, 4.69) is 30.4 Å². The van der Waals surface area contributed by atoms with Gasteiger partial charge >= 0.3 is 0 Å². The molecule has 4 heteroatoms. The first-order chi connectivity index (χ1) is 10.6. The molecule has 1 saturated carbocycles. The summed E-state index contributed by atoms with van der Waals surface area (Å²) in [4.78, 5) is 12.4. The van der Waals surface area contributed by atoms with Crippen LogP contribution in [0.25, 0.3) is 0 Å². The molecule has 1 aromatic rings. The summed E-state index contributed by atoms with van der Waals surface area (Å²) in [6, 6.07) is 10.6.